The summed E-state index contributed by atoms with van der Waals surface area (Å²) in [5.74, 6) is 0.851. The highest BCUT2D eigenvalue weighted by atomic mass is 35.5. The first-order chi connectivity index (χ1) is 13.5. The van der Waals surface area contributed by atoms with E-state index in [4.69, 9.17) is 21.1 Å². The number of anilines is 1. The van der Waals surface area contributed by atoms with Crippen molar-refractivity contribution < 1.29 is 14.3 Å². The molecule has 0 aliphatic rings. The van der Waals surface area contributed by atoms with Crippen molar-refractivity contribution >= 4 is 23.2 Å². The number of hydrogen-bond donors (Lipinski definition) is 1. The van der Waals surface area contributed by atoms with Crippen molar-refractivity contribution in [1.29, 1.82) is 0 Å². The zero-order valence-electron chi connectivity index (χ0n) is 15.3. The average molecular weight is 400 g/mol. The minimum atomic E-state index is -0.373. The molecule has 28 heavy (non-hydrogen) atoms. The molecule has 0 aliphatic heterocycles. The van der Waals surface area contributed by atoms with E-state index in [1.54, 1.807) is 37.4 Å². The van der Waals surface area contributed by atoms with Crippen LogP contribution in [-0.4, -0.2) is 29.7 Å². The highest BCUT2D eigenvalue weighted by Crippen LogP contribution is 2.27. The van der Waals surface area contributed by atoms with Crippen LogP contribution in [0.3, 0.4) is 0 Å². The van der Waals surface area contributed by atoms with E-state index >= 15 is 0 Å². The highest BCUT2D eigenvalue weighted by molar-refractivity contribution is 6.32. The number of hydrogen-bond acceptors (Lipinski definition) is 5. The molecule has 0 aliphatic carbocycles. The molecular formula is C20H18ClN3O4. The Labute approximate surface area is 166 Å². The minimum absolute atomic E-state index is 0.168. The number of carbonyl (C=O) groups excluding carboxylic acids is 1. The molecule has 1 aromatic heterocycles. The molecule has 1 amide bonds. The standard InChI is InChI=1S/C20H18ClN3O4/c1-27-15-6-3-13(4-7-15)17-10-20(26)24(12-22-17)11-19(25)23-14-5-8-18(28-2)16(21)9-14/h3-10,12H,11H2,1-2H3,(H,23,25). The van der Waals surface area contributed by atoms with E-state index in [9.17, 15) is 9.59 Å². The third-order valence-corrected chi connectivity index (χ3v) is 4.31. The Kier molecular flexibility index (Phi) is 5.96. The van der Waals surface area contributed by atoms with Crippen molar-refractivity contribution in [1.82, 2.24) is 9.55 Å². The van der Waals surface area contributed by atoms with Gasteiger partial charge in [-0.1, -0.05) is 11.6 Å². The van der Waals surface area contributed by atoms with Gasteiger partial charge in [0, 0.05) is 17.3 Å². The second-order valence-corrected chi connectivity index (χ2v) is 6.27. The van der Waals surface area contributed by atoms with E-state index < -0.39 is 0 Å². The number of nitrogens with one attached hydrogen (secondary N) is 1. The number of methoxy groups -OCH3 is 2. The summed E-state index contributed by atoms with van der Waals surface area (Å²) < 4.78 is 11.4. The van der Waals surface area contributed by atoms with Gasteiger partial charge in [0.05, 0.1) is 31.3 Å². The van der Waals surface area contributed by atoms with Gasteiger partial charge in [0.15, 0.2) is 0 Å². The van der Waals surface area contributed by atoms with Crippen LogP contribution in [-0.2, 0) is 11.3 Å². The van der Waals surface area contributed by atoms with E-state index in [1.807, 2.05) is 12.1 Å². The predicted molar refractivity (Wildman–Crippen MR) is 107 cm³/mol. The monoisotopic (exact) mass is 399 g/mol. The molecular weight excluding hydrogens is 382 g/mol. The lowest BCUT2D eigenvalue weighted by Crippen LogP contribution is -2.27. The van der Waals surface area contributed by atoms with Crippen LogP contribution in [0.5, 0.6) is 11.5 Å². The first kappa shape index (κ1) is 19.4. The molecule has 144 valence electrons. The quantitative estimate of drug-likeness (QED) is 0.688. The number of halogens is 1. The fraction of sp³-hybridized carbons (Fsp3) is 0.150. The molecule has 0 atom stereocenters. The Bertz CT molecular complexity index is 1050. The van der Waals surface area contributed by atoms with Crippen molar-refractivity contribution in [2.24, 2.45) is 0 Å². The molecule has 0 spiro atoms. The first-order valence-electron chi connectivity index (χ1n) is 8.34. The van der Waals surface area contributed by atoms with E-state index in [0.717, 1.165) is 5.56 Å². The summed E-state index contributed by atoms with van der Waals surface area (Å²) in [7, 11) is 3.09. The molecule has 3 aromatic rings. The molecule has 0 unspecified atom stereocenters. The number of nitrogens with zero attached hydrogens (tertiary/aromatic N) is 2. The minimum Gasteiger partial charge on any atom is -0.497 e. The fourth-order valence-electron chi connectivity index (χ4n) is 2.56. The number of carbonyl (C=O) groups is 1. The lowest BCUT2D eigenvalue weighted by atomic mass is 10.1. The summed E-state index contributed by atoms with van der Waals surface area (Å²) >= 11 is 6.04. The third-order valence-electron chi connectivity index (χ3n) is 4.01. The van der Waals surface area contributed by atoms with Crippen molar-refractivity contribution in [2.75, 3.05) is 19.5 Å². The van der Waals surface area contributed by atoms with Gasteiger partial charge in [0.2, 0.25) is 5.91 Å². The van der Waals surface area contributed by atoms with Gasteiger partial charge >= 0.3 is 0 Å². The van der Waals surface area contributed by atoms with Crippen molar-refractivity contribution in [3.05, 3.63) is 70.2 Å². The summed E-state index contributed by atoms with van der Waals surface area (Å²) in [6.07, 6.45) is 1.35. The summed E-state index contributed by atoms with van der Waals surface area (Å²) in [5, 5.41) is 3.07. The molecule has 8 heteroatoms. The maximum atomic E-state index is 12.3. The van der Waals surface area contributed by atoms with Gasteiger partial charge in [-0.05, 0) is 42.5 Å². The molecule has 0 bridgehead atoms. The topological polar surface area (TPSA) is 82.5 Å². The van der Waals surface area contributed by atoms with Gasteiger partial charge in [-0.3, -0.25) is 14.2 Å². The van der Waals surface area contributed by atoms with E-state index in [0.29, 0.717) is 27.9 Å². The van der Waals surface area contributed by atoms with Crippen molar-refractivity contribution in [2.45, 2.75) is 6.54 Å². The summed E-state index contributed by atoms with van der Waals surface area (Å²) in [5.41, 5.74) is 1.48. The Morgan fingerprint density at radius 2 is 1.86 bits per heavy atom. The molecule has 0 saturated carbocycles. The zero-order valence-corrected chi connectivity index (χ0v) is 16.1. The van der Waals surface area contributed by atoms with Gasteiger partial charge in [-0.2, -0.15) is 0 Å². The number of aromatic nitrogens is 2. The Hall–Kier alpha value is -3.32. The molecule has 7 nitrogen and oxygen atoms in total. The van der Waals surface area contributed by atoms with Crippen LogP contribution in [0.25, 0.3) is 11.3 Å². The van der Waals surface area contributed by atoms with Crippen LogP contribution in [0.15, 0.2) is 59.7 Å². The number of amides is 1. The SMILES string of the molecule is COc1ccc(-c2cc(=O)n(CC(=O)Nc3ccc(OC)c(Cl)c3)cn2)cc1. The van der Waals surface area contributed by atoms with Gasteiger partial charge < -0.3 is 14.8 Å². The maximum absolute atomic E-state index is 12.3. The number of rotatable bonds is 6. The van der Waals surface area contributed by atoms with Crippen LogP contribution in [0.2, 0.25) is 5.02 Å². The predicted octanol–water partition coefficient (Wildman–Crippen LogP) is 3.22. The Morgan fingerprint density at radius 3 is 2.46 bits per heavy atom. The molecule has 1 N–H and O–H groups in total. The Morgan fingerprint density at radius 1 is 1.11 bits per heavy atom. The highest BCUT2D eigenvalue weighted by Gasteiger charge is 2.09. The summed E-state index contributed by atoms with van der Waals surface area (Å²) in [4.78, 5) is 28.8. The van der Waals surface area contributed by atoms with Crippen LogP contribution < -0.4 is 20.3 Å². The molecule has 0 saturated heterocycles. The second-order valence-electron chi connectivity index (χ2n) is 5.87. The molecule has 3 rings (SSSR count). The molecule has 0 radical (unpaired) electrons. The number of ether oxygens (including phenoxy) is 2. The fourth-order valence-corrected chi connectivity index (χ4v) is 2.82. The lowest BCUT2D eigenvalue weighted by Gasteiger charge is -2.10. The van der Waals surface area contributed by atoms with Crippen LogP contribution in [0, 0.1) is 0 Å². The van der Waals surface area contributed by atoms with E-state index in [-0.39, 0.29) is 18.0 Å². The van der Waals surface area contributed by atoms with Crippen LogP contribution in [0.1, 0.15) is 0 Å². The smallest absolute Gasteiger partial charge is 0.254 e. The van der Waals surface area contributed by atoms with Crippen molar-refractivity contribution in [3.63, 3.8) is 0 Å². The third kappa shape index (κ3) is 4.50. The summed E-state index contributed by atoms with van der Waals surface area (Å²) in [6.45, 7) is -0.168. The Balaban J connectivity index is 1.71. The second kappa shape index (κ2) is 8.58. The van der Waals surface area contributed by atoms with Crippen molar-refractivity contribution in [3.8, 4) is 22.8 Å². The molecule has 0 fully saturated rings. The van der Waals surface area contributed by atoms with Gasteiger partial charge in [-0.25, -0.2) is 4.98 Å². The van der Waals surface area contributed by atoms with Crippen LogP contribution >= 0.6 is 11.6 Å². The van der Waals surface area contributed by atoms with Gasteiger partial charge in [0.1, 0.15) is 18.0 Å². The molecule has 1 heterocycles. The maximum Gasteiger partial charge on any atom is 0.254 e. The molecule has 2 aromatic carbocycles. The van der Waals surface area contributed by atoms with Gasteiger partial charge in [0.25, 0.3) is 5.56 Å². The van der Waals surface area contributed by atoms with E-state index in [2.05, 4.69) is 10.3 Å². The van der Waals surface area contributed by atoms with E-state index in [1.165, 1.54) is 24.1 Å². The zero-order chi connectivity index (χ0) is 20.1. The lowest BCUT2D eigenvalue weighted by molar-refractivity contribution is -0.116. The summed E-state index contributed by atoms with van der Waals surface area (Å²) in [6, 6.07) is 13.5. The van der Waals surface area contributed by atoms with Crippen LogP contribution in [0.4, 0.5) is 5.69 Å². The normalized spacial score (nSPS) is 10.4. The average Bonchev–Trinajstić information content (AvgIpc) is 2.70. The first-order valence-corrected chi connectivity index (χ1v) is 8.72. The largest absolute Gasteiger partial charge is 0.497 e. The number of benzene rings is 2. The van der Waals surface area contributed by atoms with Gasteiger partial charge in [-0.15, -0.1) is 0 Å².